The van der Waals surface area contributed by atoms with Crippen LogP contribution in [0.1, 0.15) is 0 Å². The highest BCUT2D eigenvalue weighted by Crippen LogP contribution is 2.17. The Bertz CT molecular complexity index is 586. The van der Waals surface area contributed by atoms with E-state index in [2.05, 4.69) is 22.5 Å². The lowest BCUT2D eigenvalue weighted by atomic mass is 10.3. The number of anilines is 1. The molecule has 1 aromatic carbocycles. The van der Waals surface area contributed by atoms with Gasteiger partial charge >= 0.3 is 6.09 Å². The SMILES string of the molecule is C#CCN(CC#C)C(=S)Nc1cccc(OC(=O)NC)c1. The molecule has 6 heteroatoms. The van der Waals surface area contributed by atoms with Crippen LogP contribution in [0.4, 0.5) is 10.5 Å². The van der Waals surface area contributed by atoms with Crippen molar-refractivity contribution >= 4 is 29.1 Å². The quantitative estimate of drug-likeness (QED) is 0.654. The van der Waals surface area contributed by atoms with Gasteiger partial charge in [-0.3, -0.25) is 0 Å². The monoisotopic (exact) mass is 301 g/mol. The maximum Gasteiger partial charge on any atom is 0.412 e. The van der Waals surface area contributed by atoms with Gasteiger partial charge in [0.15, 0.2) is 5.11 Å². The van der Waals surface area contributed by atoms with E-state index in [1.165, 1.54) is 7.05 Å². The van der Waals surface area contributed by atoms with Gasteiger partial charge in [0.1, 0.15) is 5.75 Å². The maximum atomic E-state index is 11.2. The molecule has 1 rings (SSSR count). The fourth-order valence-corrected chi connectivity index (χ4v) is 1.66. The normalized spacial score (nSPS) is 8.90. The zero-order valence-corrected chi connectivity index (χ0v) is 12.4. The van der Waals surface area contributed by atoms with Crippen molar-refractivity contribution in [1.29, 1.82) is 0 Å². The van der Waals surface area contributed by atoms with Gasteiger partial charge in [-0.25, -0.2) is 4.79 Å². The number of rotatable bonds is 4. The summed E-state index contributed by atoms with van der Waals surface area (Å²) >= 11 is 5.25. The Balaban J connectivity index is 2.76. The largest absolute Gasteiger partial charge is 0.412 e. The van der Waals surface area contributed by atoms with Crippen LogP contribution in [-0.2, 0) is 0 Å². The highest BCUT2D eigenvalue weighted by atomic mass is 32.1. The van der Waals surface area contributed by atoms with Gasteiger partial charge in [0.2, 0.25) is 0 Å². The Labute approximate surface area is 129 Å². The molecule has 0 atom stereocenters. The van der Waals surface area contributed by atoms with Crippen molar-refractivity contribution in [1.82, 2.24) is 10.2 Å². The average Bonchev–Trinajstić information content (AvgIpc) is 2.47. The molecule has 1 aromatic rings. The van der Waals surface area contributed by atoms with Crippen LogP contribution in [0, 0.1) is 24.7 Å². The minimum atomic E-state index is -0.545. The number of ether oxygens (including phenoxy) is 1. The Morgan fingerprint density at radius 2 is 2.05 bits per heavy atom. The Hall–Kier alpha value is -2.70. The average molecular weight is 301 g/mol. The molecule has 108 valence electrons. The molecule has 0 saturated heterocycles. The molecule has 1 amide bonds. The Morgan fingerprint density at radius 1 is 1.38 bits per heavy atom. The van der Waals surface area contributed by atoms with Crippen LogP contribution in [0.2, 0.25) is 0 Å². The molecule has 0 aliphatic carbocycles. The summed E-state index contributed by atoms with van der Waals surface area (Å²) in [5.74, 6) is 5.37. The van der Waals surface area contributed by atoms with E-state index in [9.17, 15) is 4.79 Å². The zero-order valence-electron chi connectivity index (χ0n) is 11.6. The molecule has 0 fully saturated rings. The number of nitrogens with one attached hydrogen (secondary N) is 2. The van der Waals surface area contributed by atoms with Crippen molar-refractivity contribution in [3.8, 4) is 30.4 Å². The first-order valence-electron chi connectivity index (χ1n) is 6.03. The third-order valence-electron chi connectivity index (χ3n) is 2.35. The fraction of sp³-hybridized carbons (Fsp3) is 0.200. The van der Waals surface area contributed by atoms with E-state index in [-0.39, 0.29) is 0 Å². The van der Waals surface area contributed by atoms with E-state index in [0.717, 1.165) is 0 Å². The van der Waals surface area contributed by atoms with Crippen LogP contribution in [-0.4, -0.2) is 36.2 Å². The van der Waals surface area contributed by atoms with Gasteiger partial charge < -0.3 is 20.3 Å². The third kappa shape index (κ3) is 5.43. The molecular weight excluding hydrogens is 286 g/mol. The topological polar surface area (TPSA) is 53.6 Å². The zero-order chi connectivity index (χ0) is 15.7. The molecule has 2 N–H and O–H groups in total. The minimum Gasteiger partial charge on any atom is -0.410 e. The van der Waals surface area contributed by atoms with Gasteiger partial charge in [-0.2, -0.15) is 0 Å². The van der Waals surface area contributed by atoms with Crippen molar-refractivity contribution in [3.63, 3.8) is 0 Å². The molecule has 5 nitrogen and oxygen atoms in total. The van der Waals surface area contributed by atoms with E-state index in [4.69, 9.17) is 29.8 Å². The second kappa shape index (κ2) is 8.47. The summed E-state index contributed by atoms with van der Waals surface area (Å²) in [6.07, 6.45) is 10.0. The number of nitrogens with zero attached hydrogens (tertiary/aromatic N) is 1. The van der Waals surface area contributed by atoms with E-state index in [0.29, 0.717) is 29.6 Å². The number of carbonyl (C=O) groups is 1. The lowest BCUT2D eigenvalue weighted by molar-refractivity contribution is 0.203. The first-order valence-corrected chi connectivity index (χ1v) is 6.44. The van der Waals surface area contributed by atoms with Crippen molar-refractivity contribution in [2.45, 2.75) is 0 Å². The Morgan fingerprint density at radius 3 is 2.62 bits per heavy atom. The highest BCUT2D eigenvalue weighted by Gasteiger charge is 2.08. The lowest BCUT2D eigenvalue weighted by Crippen LogP contribution is -2.35. The Kier molecular flexibility index (Phi) is 6.59. The summed E-state index contributed by atoms with van der Waals surface area (Å²) in [5.41, 5.74) is 0.667. The number of hydrogen-bond donors (Lipinski definition) is 2. The summed E-state index contributed by atoms with van der Waals surface area (Å²) in [6.45, 7) is 0.620. The predicted octanol–water partition coefficient (Wildman–Crippen LogP) is 1.67. The van der Waals surface area contributed by atoms with Crippen LogP contribution < -0.4 is 15.4 Å². The molecule has 0 aliphatic heterocycles. The molecule has 0 saturated carbocycles. The van der Waals surface area contributed by atoms with Crippen molar-refractivity contribution in [3.05, 3.63) is 24.3 Å². The molecule has 21 heavy (non-hydrogen) atoms. The smallest absolute Gasteiger partial charge is 0.410 e. The number of thiocarbonyl (C=S) groups is 1. The molecule has 0 aliphatic rings. The van der Waals surface area contributed by atoms with Gasteiger partial charge in [-0.05, 0) is 24.4 Å². The standard InChI is InChI=1S/C15H15N3O2S/c1-4-9-18(10-5-2)14(21)17-12-7-6-8-13(11-12)20-15(19)16-3/h1-2,6-8,11H,9-10H2,3H3,(H,16,19)(H,17,21). The van der Waals surface area contributed by atoms with Crippen LogP contribution >= 0.6 is 12.2 Å². The number of amides is 1. The first-order chi connectivity index (χ1) is 10.1. The number of terminal acetylenes is 2. The second-order valence-corrected chi connectivity index (χ2v) is 4.25. The minimum absolute atomic E-state index is 0.310. The van der Waals surface area contributed by atoms with Crippen molar-refractivity contribution < 1.29 is 9.53 Å². The van der Waals surface area contributed by atoms with Crippen LogP contribution in [0.15, 0.2) is 24.3 Å². The number of carbonyl (C=O) groups excluding carboxylic acids is 1. The van der Waals surface area contributed by atoms with Crippen LogP contribution in [0.25, 0.3) is 0 Å². The molecule has 0 bridgehead atoms. The lowest BCUT2D eigenvalue weighted by Gasteiger charge is -2.21. The summed E-state index contributed by atoms with van der Waals surface area (Å²) in [5, 5.41) is 5.77. The van der Waals surface area contributed by atoms with Crippen LogP contribution in [0.5, 0.6) is 5.75 Å². The van der Waals surface area contributed by atoms with E-state index >= 15 is 0 Å². The molecule has 0 aromatic heterocycles. The van der Waals surface area contributed by atoms with Crippen molar-refractivity contribution in [2.24, 2.45) is 0 Å². The molecule has 0 radical (unpaired) electrons. The van der Waals surface area contributed by atoms with Crippen molar-refractivity contribution in [2.75, 3.05) is 25.5 Å². The summed E-state index contributed by atoms with van der Waals surface area (Å²) < 4.78 is 5.03. The molecule has 0 spiro atoms. The predicted molar refractivity (Wildman–Crippen MR) is 87.0 cm³/mol. The second-order valence-electron chi connectivity index (χ2n) is 3.86. The number of benzene rings is 1. The van der Waals surface area contributed by atoms with Gasteiger partial charge in [-0.1, -0.05) is 17.9 Å². The van der Waals surface area contributed by atoms with Gasteiger partial charge in [0.05, 0.1) is 13.1 Å². The van der Waals surface area contributed by atoms with Gasteiger partial charge in [0, 0.05) is 18.8 Å². The molecule has 0 heterocycles. The fourth-order valence-electron chi connectivity index (χ4n) is 1.42. The first kappa shape index (κ1) is 16.4. The molecule has 0 unspecified atom stereocenters. The highest BCUT2D eigenvalue weighted by molar-refractivity contribution is 7.80. The third-order valence-corrected chi connectivity index (χ3v) is 2.71. The summed E-state index contributed by atoms with van der Waals surface area (Å²) in [6, 6.07) is 6.82. The summed E-state index contributed by atoms with van der Waals surface area (Å²) in [4.78, 5) is 12.8. The molecular formula is C15H15N3O2S. The van der Waals surface area contributed by atoms with E-state index in [1.54, 1.807) is 29.2 Å². The van der Waals surface area contributed by atoms with Crippen LogP contribution in [0.3, 0.4) is 0 Å². The number of hydrogen-bond acceptors (Lipinski definition) is 3. The van der Waals surface area contributed by atoms with E-state index in [1.807, 2.05) is 0 Å². The van der Waals surface area contributed by atoms with Gasteiger partial charge in [0.25, 0.3) is 0 Å². The maximum absolute atomic E-state index is 11.2. The van der Waals surface area contributed by atoms with E-state index < -0.39 is 6.09 Å². The summed E-state index contributed by atoms with van der Waals surface area (Å²) in [7, 11) is 1.48. The van der Waals surface area contributed by atoms with Gasteiger partial charge in [-0.15, -0.1) is 12.8 Å².